The second-order valence-corrected chi connectivity index (χ2v) is 10.3. The van der Waals surface area contributed by atoms with Crippen molar-refractivity contribution in [2.24, 2.45) is 4.99 Å². The molecule has 0 saturated carbocycles. The van der Waals surface area contributed by atoms with Crippen LogP contribution < -0.4 is 10.0 Å². The monoisotopic (exact) mass is 444 g/mol. The number of aryl methyl sites for hydroxylation is 1. The minimum absolute atomic E-state index is 0.293. The second-order valence-electron chi connectivity index (χ2n) is 8.29. The standard InChI is InChI=1S/C23H32N4O3S/c1-2-25-31(28,29)22-12-14-27(17-22)23(24-13-11-21-8-5-15-30-21)26-20-10-9-18-6-3-4-7-19(18)16-20/h3-8,15,20,22,25H,2,9-14,16-17H2,1H3,(H,24,26). The highest BCUT2D eigenvalue weighted by Gasteiger charge is 2.34. The number of likely N-dealkylation sites (tertiary alicyclic amines) is 1. The molecule has 1 aromatic heterocycles. The van der Waals surface area contributed by atoms with Gasteiger partial charge >= 0.3 is 0 Å². The Morgan fingerprint density at radius 3 is 2.81 bits per heavy atom. The Morgan fingerprint density at radius 2 is 2.03 bits per heavy atom. The van der Waals surface area contributed by atoms with Gasteiger partial charge in [-0.25, -0.2) is 13.1 Å². The molecule has 2 atom stereocenters. The van der Waals surface area contributed by atoms with Crippen LogP contribution in [0.4, 0.5) is 0 Å². The third kappa shape index (κ3) is 5.49. The van der Waals surface area contributed by atoms with Gasteiger partial charge < -0.3 is 14.6 Å². The molecule has 2 aromatic rings. The van der Waals surface area contributed by atoms with Crippen LogP contribution in [0.3, 0.4) is 0 Å². The molecular formula is C23H32N4O3S. The topological polar surface area (TPSA) is 86.9 Å². The average Bonchev–Trinajstić information content (AvgIpc) is 3.46. The molecule has 168 valence electrons. The van der Waals surface area contributed by atoms with Gasteiger partial charge in [0.25, 0.3) is 0 Å². The van der Waals surface area contributed by atoms with E-state index in [2.05, 4.69) is 39.2 Å². The predicted octanol–water partition coefficient (Wildman–Crippen LogP) is 2.34. The van der Waals surface area contributed by atoms with E-state index in [0.717, 1.165) is 37.4 Å². The Labute approximate surface area is 185 Å². The summed E-state index contributed by atoms with van der Waals surface area (Å²) < 4.78 is 33.1. The van der Waals surface area contributed by atoms with Gasteiger partial charge in [-0.15, -0.1) is 0 Å². The first-order chi connectivity index (χ1) is 15.0. The molecule has 2 aliphatic rings. The number of guanidine groups is 1. The van der Waals surface area contributed by atoms with Gasteiger partial charge in [-0.2, -0.15) is 0 Å². The van der Waals surface area contributed by atoms with E-state index in [4.69, 9.17) is 9.41 Å². The highest BCUT2D eigenvalue weighted by atomic mass is 32.2. The highest BCUT2D eigenvalue weighted by molar-refractivity contribution is 7.90. The Kier molecular flexibility index (Phi) is 6.97. The van der Waals surface area contributed by atoms with Crippen molar-refractivity contribution in [1.82, 2.24) is 14.9 Å². The highest BCUT2D eigenvalue weighted by Crippen LogP contribution is 2.22. The SMILES string of the molecule is CCNS(=O)(=O)C1CCN(C(=NCCc2ccco2)NC2CCc3ccccc3C2)C1. The van der Waals surface area contributed by atoms with Gasteiger partial charge in [-0.1, -0.05) is 31.2 Å². The molecule has 1 aromatic carbocycles. The Balaban J connectivity index is 1.46. The van der Waals surface area contributed by atoms with E-state index in [9.17, 15) is 8.42 Å². The average molecular weight is 445 g/mol. The summed E-state index contributed by atoms with van der Waals surface area (Å²) in [6, 6.07) is 12.7. The maximum absolute atomic E-state index is 12.5. The van der Waals surface area contributed by atoms with Crippen molar-refractivity contribution < 1.29 is 12.8 Å². The van der Waals surface area contributed by atoms with Gasteiger partial charge in [0.15, 0.2) is 5.96 Å². The van der Waals surface area contributed by atoms with Crippen molar-refractivity contribution in [3.8, 4) is 0 Å². The number of nitrogens with zero attached hydrogens (tertiary/aromatic N) is 2. The fourth-order valence-corrected chi connectivity index (χ4v) is 5.89. The largest absolute Gasteiger partial charge is 0.469 e. The molecule has 1 saturated heterocycles. The summed E-state index contributed by atoms with van der Waals surface area (Å²) >= 11 is 0. The van der Waals surface area contributed by atoms with E-state index >= 15 is 0 Å². The summed E-state index contributed by atoms with van der Waals surface area (Å²) in [6.45, 7) is 3.98. The molecule has 2 heterocycles. The molecule has 1 fully saturated rings. The number of furan rings is 1. The summed E-state index contributed by atoms with van der Waals surface area (Å²) in [7, 11) is -3.29. The van der Waals surface area contributed by atoms with Gasteiger partial charge in [0.1, 0.15) is 5.76 Å². The number of aliphatic imine (C=N–C) groups is 1. The van der Waals surface area contributed by atoms with Gasteiger partial charge in [-0.05, 0) is 48.9 Å². The van der Waals surface area contributed by atoms with E-state index in [1.807, 2.05) is 19.1 Å². The fraction of sp³-hybridized carbons (Fsp3) is 0.522. The van der Waals surface area contributed by atoms with Crippen LogP contribution in [0, 0.1) is 0 Å². The van der Waals surface area contributed by atoms with E-state index < -0.39 is 15.3 Å². The lowest BCUT2D eigenvalue weighted by Gasteiger charge is -2.30. The van der Waals surface area contributed by atoms with Crippen molar-refractivity contribution in [1.29, 1.82) is 0 Å². The van der Waals surface area contributed by atoms with Gasteiger partial charge in [0, 0.05) is 38.6 Å². The number of fused-ring (bicyclic) bond motifs is 1. The molecule has 1 aliphatic heterocycles. The quantitative estimate of drug-likeness (QED) is 0.506. The molecule has 4 rings (SSSR count). The zero-order valence-corrected chi connectivity index (χ0v) is 18.9. The Hall–Kier alpha value is -2.32. The van der Waals surface area contributed by atoms with Crippen molar-refractivity contribution in [3.63, 3.8) is 0 Å². The lowest BCUT2D eigenvalue weighted by Crippen LogP contribution is -2.48. The number of benzene rings is 1. The summed E-state index contributed by atoms with van der Waals surface area (Å²) in [5.74, 6) is 1.72. The van der Waals surface area contributed by atoms with E-state index in [1.165, 1.54) is 11.1 Å². The molecule has 0 spiro atoms. The summed E-state index contributed by atoms with van der Waals surface area (Å²) in [6.07, 6.45) is 6.06. The molecule has 0 radical (unpaired) electrons. The van der Waals surface area contributed by atoms with Crippen molar-refractivity contribution in [2.75, 3.05) is 26.2 Å². The predicted molar refractivity (Wildman–Crippen MR) is 123 cm³/mol. The van der Waals surface area contributed by atoms with E-state index in [0.29, 0.717) is 38.6 Å². The molecule has 1 aliphatic carbocycles. The van der Waals surface area contributed by atoms with E-state index in [-0.39, 0.29) is 0 Å². The van der Waals surface area contributed by atoms with Crippen molar-refractivity contribution in [3.05, 3.63) is 59.5 Å². The first-order valence-corrected chi connectivity index (χ1v) is 12.7. The molecule has 2 N–H and O–H groups in total. The van der Waals surface area contributed by atoms with Crippen LogP contribution in [-0.4, -0.2) is 56.7 Å². The van der Waals surface area contributed by atoms with Crippen molar-refractivity contribution >= 4 is 16.0 Å². The lowest BCUT2D eigenvalue weighted by molar-refractivity contribution is 0.447. The minimum Gasteiger partial charge on any atom is -0.469 e. The second kappa shape index (κ2) is 9.87. The van der Waals surface area contributed by atoms with Crippen LogP contribution in [0.25, 0.3) is 0 Å². The summed E-state index contributed by atoms with van der Waals surface area (Å²) in [5, 5.41) is 3.25. The minimum atomic E-state index is -3.29. The zero-order chi connectivity index (χ0) is 21.7. The Bertz CT molecular complexity index is 988. The van der Waals surface area contributed by atoms with E-state index in [1.54, 1.807) is 6.26 Å². The fourth-order valence-electron chi connectivity index (χ4n) is 4.46. The van der Waals surface area contributed by atoms with Crippen LogP contribution in [0.2, 0.25) is 0 Å². The third-order valence-corrected chi connectivity index (χ3v) is 8.06. The number of nitrogens with one attached hydrogen (secondary N) is 2. The van der Waals surface area contributed by atoms with Crippen LogP contribution in [0.15, 0.2) is 52.1 Å². The van der Waals surface area contributed by atoms with Gasteiger partial charge in [0.05, 0.1) is 11.5 Å². The van der Waals surface area contributed by atoms with Crippen LogP contribution in [-0.2, 0) is 29.3 Å². The molecule has 8 heteroatoms. The number of hydrogen-bond donors (Lipinski definition) is 2. The molecule has 0 bridgehead atoms. The van der Waals surface area contributed by atoms with Gasteiger partial charge in [-0.3, -0.25) is 4.99 Å². The first kappa shape index (κ1) is 21.9. The third-order valence-electron chi connectivity index (χ3n) is 6.11. The summed E-state index contributed by atoms with van der Waals surface area (Å²) in [4.78, 5) is 6.95. The zero-order valence-electron chi connectivity index (χ0n) is 18.1. The van der Waals surface area contributed by atoms with Gasteiger partial charge in [0.2, 0.25) is 10.0 Å². The lowest BCUT2D eigenvalue weighted by atomic mass is 9.88. The van der Waals surface area contributed by atoms with Crippen LogP contribution in [0.1, 0.15) is 36.7 Å². The smallest absolute Gasteiger partial charge is 0.216 e. The normalized spacial score (nSPS) is 21.8. The van der Waals surface area contributed by atoms with Crippen molar-refractivity contribution in [2.45, 2.75) is 50.3 Å². The molecule has 0 amide bonds. The number of rotatable bonds is 7. The number of sulfonamides is 1. The van der Waals surface area contributed by atoms with Crippen LogP contribution in [0.5, 0.6) is 0 Å². The maximum Gasteiger partial charge on any atom is 0.216 e. The molecular weight excluding hydrogens is 412 g/mol. The molecule has 7 nitrogen and oxygen atoms in total. The van der Waals surface area contributed by atoms with Crippen LogP contribution >= 0.6 is 0 Å². The summed E-state index contributed by atoms with van der Waals surface area (Å²) in [5.41, 5.74) is 2.81. The molecule has 2 unspecified atom stereocenters. The maximum atomic E-state index is 12.5. The first-order valence-electron chi connectivity index (χ1n) is 11.2. The molecule has 31 heavy (non-hydrogen) atoms. The Morgan fingerprint density at radius 1 is 1.19 bits per heavy atom. The number of hydrogen-bond acceptors (Lipinski definition) is 4.